The van der Waals surface area contributed by atoms with Gasteiger partial charge in [-0.2, -0.15) is 18.3 Å². The maximum atomic E-state index is 12.7. The van der Waals surface area contributed by atoms with Crippen molar-refractivity contribution >= 4 is 11.0 Å². The van der Waals surface area contributed by atoms with Crippen molar-refractivity contribution in [1.29, 1.82) is 0 Å². The lowest BCUT2D eigenvalue weighted by Crippen LogP contribution is -2.19. The first-order valence-electron chi connectivity index (χ1n) is 5.57. The number of hydrogen-bond acceptors (Lipinski definition) is 3. The molecule has 2 heterocycles. The standard InChI is InChI=1S/C12H7F3N4O/c13-12(14,15)11-17-9-8(10(20)18-11)6-16-19(9)7-4-2-1-3-5-7/h1-6H,(H,17,18,20). The maximum Gasteiger partial charge on any atom is 0.449 e. The summed E-state index contributed by atoms with van der Waals surface area (Å²) >= 11 is 0. The third-order valence-electron chi connectivity index (χ3n) is 2.71. The van der Waals surface area contributed by atoms with Crippen molar-refractivity contribution in [1.82, 2.24) is 19.7 Å². The molecule has 20 heavy (non-hydrogen) atoms. The normalized spacial score (nSPS) is 11.9. The molecule has 3 rings (SSSR count). The van der Waals surface area contributed by atoms with Crippen LogP contribution in [0.1, 0.15) is 5.82 Å². The van der Waals surface area contributed by atoms with Gasteiger partial charge in [-0.25, -0.2) is 9.67 Å². The molecule has 0 saturated heterocycles. The van der Waals surface area contributed by atoms with E-state index in [1.54, 1.807) is 35.3 Å². The predicted molar refractivity (Wildman–Crippen MR) is 64.5 cm³/mol. The van der Waals surface area contributed by atoms with Crippen molar-refractivity contribution in [3.8, 4) is 5.69 Å². The van der Waals surface area contributed by atoms with Gasteiger partial charge in [0.2, 0.25) is 5.82 Å². The quantitative estimate of drug-likeness (QED) is 0.742. The Morgan fingerprint density at radius 1 is 1.15 bits per heavy atom. The minimum Gasteiger partial charge on any atom is -0.302 e. The Balaban J connectivity index is 2.31. The molecule has 1 N–H and O–H groups in total. The molecule has 0 aliphatic rings. The van der Waals surface area contributed by atoms with E-state index in [9.17, 15) is 18.0 Å². The first-order chi connectivity index (χ1) is 9.47. The van der Waals surface area contributed by atoms with Crippen LogP contribution >= 0.6 is 0 Å². The topological polar surface area (TPSA) is 63.6 Å². The number of fused-ring (bicyclic) bond motifs is 1. The molecule has 0 atom stereocenters. The summed E-state index contributed by atoms with van der Waals surface area (Å²) in [6.07, 6.45) is -3.53. The highest BCUT2D eigenvalue weighted by atomic mass is 19.4. The minimum atomic E-state index is -4.72. The van der Waals surface area contributed by atoms with Crippen molar-refractivity contribution < 1.29 is 13.2 Å². The largest absolute Gasteiger partial charge is 0.449 e. The van der Waals surface area contributed by atoms with Gasteiger partial charge in [-0.1, -0.05) is 18.2 Å². The average Bonchev–Trinajstić information content (AvgIpc) is 2.83. The number of alkyl halides is 3. The number of aromatic amines is 1. The Labute approximate surface area is 109 Å². The molecule has 5 nitrogen and oxygen atoms in total. The van der Waals surface area contributed by atoms with Crippen LogP contribution in [0.3, 0.4) is 0 Å². The van der Waals surface area contributed by atoms with Crippen LogP contribution in [-0.2, 0) is 6.18 Å². The molecule has 0 unspecified atom stereocenters. The number of rotatable bonds is 1. The third-order valence-corrected chi connectivity index (χ3v) is 2.71. The van der Waals surface area contributed by atoms with E-state index >= 15 is 0 Å². The van der Waals surface area contributed by atoms with E-state index in [1.807, 2.05) is 0 Å². The van der Waals surface area contributed by atoms with E-state index in [-0.39, 0.29) is 11.0 Å². The molecule has 102 valence electrons. The van der Waals surface area contributed by atoms with Crippen LogP contribution in [0.5, 0.6) is 0 Å². The van der Waals surface area contributed by atoms with Gasteiger partial charge in [-0.05, 0) is 12.1 Å². The van der Waals surface area contributed by atoms with Gasteiger partial charge in [-0.15, -0.1) is 0 Å². The molecular weight excluding hydrogens is 273 g/mol. The van der Waals surface area contributed by atoms with Gasteiger partial charge in [0.1, 0.15) is 5.39 Å². The molecule has 3 aromatic rings. The van der Waals surface area contributed by atoms with Gasteiger partial charge >= 0.3 is 6.18 Å². The van der Waals surface area contributed by atoms with Crippen LogP contribution in [0.15, 0.2) is 41.3 Å². The molecule has 0 aliphatic heterocycles. The van der Waals surface area contributed by atoms with Gasteiger partial charge in [-0.3, -0.25) is 4.79 Å². The number of benzene rings is 1. The number of halogens is 3. The molecule has 8 heteroatoms. The zero-order valence-corrected chi connectivity index (χ0v) is 9.85. The molecule has 0 fully saturated rings. The van der Waals surface area contributed by atoms with E-state index in [0.29, 0.717) is 5.69 Å². The lowest BCUT2D eigenvalue weighted by molar-refractivity contribution is -0.144. The van der Waals surface area contributed by atoms with Crippen LogP contribution in [-0.4, -0.2) is 19.7 Å². The fourth-order valence-electron chi connectivity index (χ4n) is 1.81. The molecule has 0 spiro atoms. The lowest BCUT2D eigenvalue weighted by Gasteiger charge is -2.06. The first-order valence-corrected chi connectivity index (χ1v) is 5.57. The van der Waals surface area contributed by atoms with E-state index in [4.69, 9.17) is 0 Å². The van der Waals surface area contributed by atoms with E-state index in [1.165, 1.54) is 10.9 Å². The second-order valence-electron chi connectivity index (χ2n) is 4.04. The summed E-state index contributed by atoms with van der Waals surface area (Å²) in [5.41, 5.74) is -0.481. The number of nitrogens with zero attached hydrogens (tertiary/aromatic N) is 3. The highest BCUT2D eigenvalue weighted by Gasteiger charge is 2.35. The SMILES string of the molecule is O=c1[nH]c(C(F)(F)F)nc2c1cnn2-c1ccccc1. The van der Waals surface area contributed by atoms with Crippen LogP contribution in [0, 0.1) is 0 Å². The Bertz CT molecular complexity index is 820. The molecule has 0 aliphatic carbocycles. The first kappa shape index (κ1) is 12.4. The molecule has 0 radical (unpaired) electrons. The zero-order chi connectivity index (χ0) is 14.3. The van der Waals surface area contributed by atoms with Crippen LogP contribution in [0.2, 0.25) is 0 Å². The number of nitrogens with one attached hydrogen (secondary N) is 1. The van der Waals surface area contributed by atoms with Crippen molar-refractivity contribution in [3.05, 3.63) is 52.7 Å². The fraction of sp³-hybridized carbons (Fsp3) is 0.0833. The number of hydrogen-bond donors (Lipinski definition) is 1. The lowest BCUT2D eigenvalue weighted by atomic mass is 10.3. The summed E-state index contributed by atoms with van der Waals surface area (Å²) in [5, 5.41) is 3.92. The molecule has 1 aromatic carbocycles. The zero-order valence-electron chi connectivity index (χ0n) is 9.85. The number of para-hydroxylation sites is 1. The van der Waals surface area contributed by atoms with Crippen molar-refractivity contribution in [2.24, 2.45) is 0 Å². The Hall–Kier alpha value is -2.64. The summed E-state index contributed by atoms with van der Waals surface area (Å²) < 4.78 is 39.2. The Morgan fingerprint density at radius 2 is 1.85 bits per heavy atom. The molecule has 2 aromatic heterocycles. The van der Waals surface area contributed by atoms with Gasteiger partial charge in [0, 0.05) is 0 Å². The summed E-state index contributed by atoms with van der Waals surface area (Å²) in [4.78, 5) is 16.8. The number of H-pyrrole nitrogens is 1. The van der Waals surface area contributed by atoms with Gasteiger partial charge in [0.15, 0.2) is 5.65 Å². The summed E-state index contributed by atoms with van der Waals surface area (Å²) in [5.74, 6) is -1.34. The van der Waals surface area contributed by atoms with Crippen molar-refractivity contribution in [2.75, 3.05) is 0 Å². The van der Waals surface area contributed by atoms with Crippen LogP contribution < -0.4 is 5.56 Å². The van der Waals surface area contributed by atoms with Crippen molar-refractivity contribution in [3.63, 3.8) is 0 Å². The highest BCUT2D eigenvalue weighted by Crippen LogP contribution is 2.26. The molecule has 0 saturated carbocycles. The van der Waals surface area contributed by atoms with Crippen molar-refractivity contribution in [2.45, 2.75) is 6.18 Å². The summed E-state index contributed by atoms with van der Waals surface area (Å²) in [6.45, 7) is 0. The van der Waals surface area contributed by atoms with E-state index in [0.717, 1.165) is 0 Å². The van der Waals surface area contributed by atoms with E-state index < -0.39 is 17.6 Å². The monoisotopic (exact) mass is 280 g/mol. The second-order valence-corrected chi connectivity index (χ2v) is 4.04. The maximum absolute atomic E-state index is 12.7. The Morgan fingerprint density at radius 3 is 2.50 bits per heavy atom. The van der Waals surface area contributed by atoms with Crippen LogP contribution in [0.25, 0.3) is 16.7 Å². The van der Waals surface area contributed by atoms with Gasteiger partial charge in [0.05, 0.1) is 11.9 Å². The molecular formula is C12H7F3N4O. The molecule has 0 bridgehead atoms. The fourth-order valence-corrected chi connectivity index (χ4v) is 1.81. The number of aromatic nitrogens is 4. The Kier molecular flexibility index (Phi) is 2.60. The average molecular weight is 280 g/mol. The third kappa shape index (κ3) is 1.94. The van der Waals surface area contributed by atoms with Gasteiger partial charge in [0.25, 0.3) is 5.56 Å². The van der Waals surface area contributed by atoms with E-state index in [2.05, 4.69) is 10.1 Å². The summed E-state index contributed by atoms with van der Waals surface area (Å²) in [6, 6.07) is 8.49. The van der Waals surface area contributed by atoms with Crippen LogP contribution in [0.4, 0.5) is 13.2 Å². The minimum absolute atomic E-state index is 0.00172. The predicted octanol–water partition coefficient (Wildman–Crippen LogP) is 2.13. The second kappa shape index (κ2) is 4.19. The molecule has 0 amide bonds. The summed E-state index contributed by atoms with van der Waals surface area (Å²) in [7, 11) is 0. The highest BCUT2D eigenvalue weighted by molar-refractivity contribution is 5.75. The smallest absolute Gasteiger partial charge is 0.302 e. The van der Waals surface area contributed by atoms with Gasteiger partial charge < -0.3 is 4.98 Å².